The molecule has 1 aromatic heterocycles. The molecule has 0 aliphatic carbocycles. The van der Waals surface area contributed by atoms with E-state index in [1.807, 2.05) is 12.1 Å². The molecular weight excluding hydrogens is 319 g/mol. The Morgan fingerprint density at radius 1 is 0.909 bits per heavy atom. The summed E-state index contributed by atoms with van der Waals surface area (Å²) in [4.78, 5) is 11.0. The van der Waals surface area contributed by atoms with Crippen LogP contribution in [0.5, 0.6) is 0 Å². The first kappa shape index (κ1) is 15.4. The maximum atomic E-state index is 6.04. The van der Waals surface area contributed by atoms with Gasteiger partial charge >= 0.3 is 0 Å². The summed E-state index contributed by atoms with van der Waals surface area (Å²) in [5, 5.41) is 4.31. The van der Waals surface area contributed by atoms with Crippen LogP contribution in [-0.2, 0) is 0 Å². The van der Waals surface area contributed by atoms with Crippen LogP contribution in [-0.4, -0.2) is 23.1 Å². The van der Waals surface area contributed by atoms with Crippen LogP contribution in [0.1, 0.15) is 25.7 Å². The average Bonchev–Trinajstić information content (AvgIpc) is 2.80. The Kier molecular flexibility index (Phi) is 5.01. The molecule has 0 saturated carbocycles. The molecule has 6 heteroatoms. The van der Waals surface area contributed by atoms with Crippen LogP contribution in [0, 0.1) is 0 Å². The number of nitrogens with one attached hydrogen (secondary N) is 1. The van der Waals surface area contributed by atoms with Crippen molar-refractivity contribution in [2.75, 3.05) is 23.3 Å². The van der Waals surface area contributed by atoms with Gasteiger partial charge in [-0.2, -0.15) is 0 Å². The third kappa shape index (κ3) is 3.81. The van der Waals surface area contributed by atoms with Gasteiger partial charge in [-0.3, -0.25) is 0 Å². The van der Waals surface area contributed by atoms with Crippen molar-refractivity contribution in [1.29, 1.82) is 0 Å². The molecule has 0 amide bonds. The fraction of sp³-hybridized carbons (Fsp3) is 0.375. The number of halogens is 2. The summed E-state index contributed by atoms with van der Waals surface area (Å²) in [6.07, 6.45) is 6.64. The van der Waals surface area contributed by atoms with Crippen LogP contribution in [0.4, 0.5) is 17.3 Å². The Hall–Kier alpha value is -1.52. The molecule has 1 fully saturated rings. The summed E-state index contributed by atoms with van der Waals surface area (Å²) in [6.45, 7) is 2.12. The lowest BCUT2D eigenvalue weighted by Gasteiger charge is -2.21. The molecule has 3 rings (SSSR count). The normalized spacial score (nSPS) is 15.5. The van der Waals surface area contributed by atoms with Crippen molar-refractivity contribution in [3.63, 3.8) is 0 Å². The van der Waals surface area contributed by atoms with Gasteiger partial charge in [-0.15, -0.1) is 0 Å². The molecule has 1 N–H and O–H groups in total. The second kappa shape index (κ2) is 7.16. The third-order valence-corrected chi connectivity index (χ3v) is 4.51. The highest BCUT2D eigenvalue weighted by atomic mass is 35.5. The van der Waals surface area contributed by atoms with Crippen molar-refractivity contribution in [2.45, 2.75) is 25.7 Å². The smallest absolute Gasteiger partial charge is 0.135 e. The molecule has 0 unspecified atom stereocenters. The van der Waals surface area contributed by atoms with Crippen molar-refractivity contribution >= 4 is 40.5 Å². The summed E-state index contributed by atoms with van der Waals surface area (Å²) in [7, 11) is 0. The zero-order valence-corrected chi connectivity index (χ0v) is 13.7. The molecule has 0 spiro atoms. The predicted molar refractivity (Wildman–Crippen MR) is 92.5 cm³/mol. The fourth-order valence-electron chi connectivity index (χ4n) is 2.61. The van der Waals surface area contributed by atoms with Crippen LogP contribution in [0.25, 0.3) is 0 Å². The lowest BCUT2D eigenvalue weighted by Crippen LogP contribution is -2.25. The quantitative estimate of drug-likeness (QED) is 0.864. The van der Waals surface area contributed by atoms with E-state index >= 15 is 0 Å². The van der Waals surface area contributed by atoms with E-state index in [1.54, 1.807) is 18.5 Å². The van der Waals surface area contributed by atoms with Gasteiger partial charge in [0.15, 0.2) is 0 Å². The van der Waals surface area contributed by atoms with E-state index in [0.29, 0.717) is 10.0 Å². The predicted octanol–water partition coefficient (Wildman–Crippen LogP) is 4.91. The van der Waals surface area contributed by atoms with Gasteiger partial charge < -0.3 is 10.2 Å². The Morgan fingerprint density at radius 3 is 2.41 bits per heavy atom. The Bertz CT molecular complexity index is 640. The van der Waals surface area contributed by atoms with Crippen molar-refractivity contribution < 1.29 is 0 Å². The van der Waals surface area contributed by atoms with E-state index in [9.17, 15) is 0 Å². The largest absolute Gasteiger partial charge is 0.356 e. The maximum Gasteiger partial charge on any atom is 0.135 e. The zero-order valence-electron chi connectivity index (χ0n) is 12.2. The molecule has 2 aromatic rings. The summed E-state index contributed by atoms with van der Waals surface area (Å²) >= 11 is 12.0. The molecule has 1 aliphatic rings. The molecule has 116 valence electrons. The number of aromatic nitrogens is 2. The molecular formula is C16H18Cl2N4. The van der Waals surface area contributed by atoms with Crippen LogP contribution in [0.15, 0.2) is 30.6 Å². The number of hydrogen-bond donors (Lipinski definition) is 1. The number of hydrogen-bond acceptors (Lipinski definition) is 4. The Morgan fingerprint density at radius 2 is 1.68 bits per heavy atom. The number of nitrogens with zero attached hydrogens (tertiary/aromatic N) is 3. The standard InChI is InChI=1S/C16H18Cl2N4/c17-13-6-5-12(9-14(13)18)21-15-10-16(20-11-19-15)22-7-3-1-2-4-8-22/h5-6,9-11H,1-4,7-8H2,(H,19,20,21). The molecule has 22 heavy (non-hydrogen) atoms. The number of anilines is 3. The molecule has 1 saturated heterocycles. The van der Waals surface area contributed by atoms with Gasteiger partial charge in [0.05, 0.1) is 10.0 Å². The van der Waals surface area contributed by atoms with Gasteiger partial charge in [-0.25, -0.2) is 9.97 Å². The first-order chi connectivity index (χ1) is 10.7. The van der Waals surface area contributed by atoms with Gasteiger partial charge in [-0.05, 0) is 31.0 Å². The number of benzene rings is 1. The van der Waals surface area contributed by atoms with Crippen molar-refractivity contribution in [3.8, 4) is 0 Å². The van der Waals surface area contributed by atoms with Gasteiger partial charge in [0, 0.05) is 24.8 Å². The number of rotatable bonds is 3. The second-order valence-corrected chi connectivity index (χ2v) is 6.23. The van der Waals surface area contributed by atoms with Gasteiger partial charge in [0.2, 0.25) is 0 Å². The van der Waals surface area contributed by atoms with Crippen LogP contribution in [0.2, 0.25) is 10.0 Å². The van der Waals surface area contributed by atoms with Gasteiger partial charge in [0.25, 0.3) is 0 Å². The van der Waals surface area contributed by atoms with Crippen LogP contribution >= 0.6 is 23.2 Å². The van der Waals surface area contributed by atoms with Gasteiger partial charge in [-0.1, -0.05) is 36.0 Å². The van der Waals surface area contributed by atoms with Crippen molar-refractivity contribution in [2.24, 2.45) is 0 Å². The minimum absolute atomic E-state index is 0.522. The SMILES string of the molecule is Clc1ccc(Nc2cc(N3CCCCCC3)ncn2)cc1Cl. The van der Waals surface area contributed by atoms with E-state index < -0.39 is 0 Å². The molecule has 0 bridgehead atoms. The summed E-state index contributed by atoms with van der Waals surface area (Å²) in [5.74, 6) is 1.73. The second-order valence-electron chi connectivity index (χ2n) is 5.42. The third-order valence-electron chi connectivity index (χ3n) is 3.77. The minimum Gasteiger partial charge on any atom is -0.356 e. The summed E-state index contributed by atoms with van der Waals surface area (Å²) in [6, 6.07) is 7.41. The first-order valence-electron chi connectivity index (χ1n) is 7.51. The van der Waals surface area contributed by atoms with E-state index in [0.717, 1.165) is 30.4 Å². The van der Waals surface area contributed by atoms with Crippen molar-refractivity contribution in [3.05, 3.63) is 40.6 Å². The van der Waals surface area contributed by atoms with Gasteiger partial charge in [0.1, 0.15) is 18.0 Å². The zero-order chi connectivity index (χ0) is 15.4. The highest BCUT2D eigenvalue weighted by molar-refractivity contribution is 6.42. The van der Waals surface area contributed by atoms with E-state index in [4.69, 9.17) is 23.2 Å². The minimum atomic E-state index is 0.522. The lowest BCUT2D eigenvalue weighted by atomic mass is 10.2. The fourth-order valence-corrected chi connectivity index (χ4v) is 2.91. The average molecular weight is 337 g/mol. The van der Waals surface area contributed by atoms with E-state index in [1.165, 1.54) is 25.7 Å². The molecule has 1 aliphatic heterocycles. The molecule has 1 aromatic carbocycles. The van der Waals surface area contributed by atoms with E-state index in [-0.39, 0.29) is 0 Å². The molecule has 2 heterocycles. The topological polar surface area (TPSA) is 41.0 Å². The van der Waals surface area contributed by atoms with Crippen LogP contribution < -0.4 is 10.2 Å². The highest BCUT2D eigenvalue weighted by Crippen LogP contribution is 2.27. The first-order valence-corrected chi connectivity index (χ1v) is 8.27. The van der Waals surface area contributed by atoms with Crippen molar-refractivity contribution in [1.82, 2.24) is 9.97 Å². The molecule has 0 radical (unpaired) electrons. The monoisotopic (exact) mass is 336 g/mol. The Balaban J connectivity index is 1.76. The molecule has 0 atom stereocenters. The lowest BCUT2D eigenvalue weighted by molar-refractivity contribution is 0.726. The highest BCUT2D eigenvalue weighted by Gasteiger charge is 2.12. The van der Waals surface area contributed by atoms with E-state index in [2.05, 4.69) is 20.2 Å². The van der Waals surface area contributed by atoms with Crippen LogP contribution in [0.3, 0.4) is 0 Å². The molecule has 4 nitrogen and oxygen atoms in total. The maximum absolute atomic E-state index is 6.04. The Labute approximate surface area is 140 Å². The summed E-state index contributed by atoms with van der Waals surface area (Å²) in [5.41, 5.74) is 0.856. The summed E-state index contributed by atoms with van der Waals surface area (Å²) < 4.78 is 0.